The van der Waals surface area contributed by atoms with Crippen molar-refractivity contribution < 1.29 is 14.3 Å². The van der Waals surface area contributed by atoms with Crippen LogP contribution in [0.2, 0.25) is 0 Å². The molecule has 2 amide bonds. The third-order valence-corrected chi connectivity index (χ3v) is 5.86. The van der Waals surface area contributed by atoms with E-state index in [1.807, 2.05) is 30.4 Å². The minimum atomic E-state index is -0.127. The number of carbonyl (C=O) groups is 2. The lowest BCUT2D eigenvalue weighted by Crippen LogP contribution is -2.38. The van der Waals surface area contributed by atoms with Gasteiger partial charge >= 0.3 is 0 Å². The normalized spacial score (nSPS) is 15.9. The van der Waals surface area contributed by atoms with Gasteiger partial charge in [-0.3, -0.25) is 9.59 Å². The summed E-state index contributed by atoms with van der Waals surface area (Å²) in [6, 6.07) is 11.9. The Morgan fingerprint density at radius 2 is 2.00 bits per heavy atom. The fourth-order valence-corrected chi connectivity index (χ4v) is 3.98. The summed E-state index contributed by atoms with van der Waals surface area (Å²) < 4.78 is 5.74. The molecule has 1 aromatic heterocycles. The van der Waals surface area contributed by atoms with Crippen molar-refractivity contribution in [3.8, 4) is 0 Å². The van der Waals surface area contributed by atoms with E-state index < -0.39 is 0 Å². The van der Waals surface area contributed by atoms with Crippen LogP contribution < -0.4 is 10.2 Å². The lowest BCUT2D eigenvalue weighted by Gasteiger charge is -2.26. The highest BCUT2D eigenvalue weighted by Crippen LogP contribution is 2.18. The number of rotatable bonds is 9. The second-order valence-electron chi connectivity index (χ2n) is 7.45. The van der Waals surface area contributed by atoms with Gasteiger partial charge in [0.05, 0.1) is 11.0 Å². The first-order valence-electron chi connectivity index (χ1n) is 10.0. The second kappa shape index (κ2) is 10.4. The highest BCUT2D eigenvalue weighted by atomic mass is 32.1. The highest BCUT2D eigenvalue weighted by Gasteiger charge is 2.23. The molecule has 1 N–H and O–H groups in total. The number of hydrogen-bond acceptors (Lipinski definition) is 5. The molecule has 156 valence electrons. The van der Waals surface area contributed by atoms with E-state index in [0.717, 1.165) is 30.7 Å². The standard InChI is InChI=1S/C22H29N3O3S/c1-24(2)18-9-7-17(8-10-18)15-25(16-19-5-3-13-28-19)21(26)11-12-23-22(27)20-6-4-14-29-20/h4,6-10,14,19H,3,5,11-13,15-16H2,1-2H3,(H,23,27). The van der Waals surface area contributed by atoms with Crippen LogP contribution in [0, 0.1) is 0 Å². The maximum Gasteiger partial charge on any atom is 0.261 e. The predicted octanol–water partition coefficient (Wildman–Crippen LogP) is 3.14. The van der Waals surface area contributed by atoms with E-state index in [-0.39, 0.29) is 24.3 Å². The van der Waals surface area contributed by atoms with Crippen molar-refractivity contribution in [2.45, 2.75) is 31.9 Å². The van der Waals surface area contributed by atoms with Gasteiger partial charge in [0.25, 0.3) is 5.91 Å². The van der Waals surface area contributed by atoms with E-state index in [1.54, 1.807) is 6.07 Å². The van der Waals surface area contributed by atoms with Crippen LogP contribution in [-0.4, -0.2) is 56.6 Å². The predicted molar refractivity (Wildman–Crippen MR) is 116 cm³/mol. The summed E-state index contributed by atoms with van der Waals surface area (Å²) in [6.07, 6.45) is 2.40. The number of benzene rings is 1. The zero-order valence-corrected chi connectivity index (χ0v) is 17.9. The van der Waals surface area contributed by atoms with Crippen molar-refractivity contribution in [1.82, 2.24) is 10.2 Å². The summed E-state index contributed by atoms with van der Waals surface area (Å²) in [5.74, 6) is -0.0959. The fraction of sp³-hybridized carbons (Fsp3) is 0.455. The van der Waals surface area contributed by atoms with Crippen molar-refractivity contribution in [1.29, 1.82) is 0 Å². The van der Waals surface area contributed by atoms with Gasteiger partial charge in [0.1, 0.15) is 0 Å². The highest BCUT2D eigenvalue weighted by molar-refractivity contribution is 7.12. The molecule has 0 radical (unpaired) electrons. The van der Waals surface area contributed by atoms with E-state index >= 15 is 0 Å². The van der Waals surface area contributed by atoms with Crippen molar-refractivity contribution >= 4 is 28.8 Å². The summed E-state index contributed by atoms with van der Waals surface area (Å²) in [4.78, 5) is 29.5. The van der Waals surface area contributed by atoms with Gasteiger partial charge in [-0.25, -0.2) is 0 Å². The summed E-state index contributed by atoms with van der Waals surface area (Å²) >= 11 is 1.39. The number of ether oxygens (including phenoxy) is 1. The Morgan fingerprint density at radius 1 is 1.21 bits per heavy atom. The first-order valence-corrected chi connectivity index (χ1v) is 10.9. The minimum Gasteiger partial charge on any atom is -0.378 e. The second-order valence-corrected chi connectivity index (χ2v) is 8.40. The quantitative estimate of drug-likeness (QED) is 0.684. The van der Waals surface area contributed by atoms with Gasteiger partial charge in [0.15, 0.2) is 0 Å². The van der Waals surface area contributed by atoms with Crippen LogP contribution in [0.4, 0.5) is 5.69 Å². The first kappa shape index (κ1) is 21.3. The zero-order chi connectivity index (χ0) is 20.6. The van der Waals surface area contributed by atoms with Crippen LogP contribution in [0.5, 0.6) is 0 Å². The molecule has 2 aromatic rings. The summed E-state index contributed by atoms with van der Waals surface area (Å²) in [6.45, 7) is 2.23. The maximum atomic E-state index is 12.9. The smallest absolute Gasteiger partial charge is 0.261 e. The van der Waals surface area contributed by atoms with E-state index in [0.29, 0.717) is 24.5 Å². The molecule has 0 spiro atoms. The number of amides is 2. The van der Waals surface area contributed by atoms with Crippen LogP contribution in [0.1, 0.15) is 34.5 Å². The molecule has 0 aliphatic carbocycles. The fourth-order valence-electron chi connectivity index (χ4n) is 3.34. The zero-order valence-electron chi connectivity index (χ0n) is 17.1. The SMILES string of the molecule is CN(C)c1ccc(CN(CC2CCCO2)C(=O)CCNC(=O)c2cccs2)cc1. The van der Waals surface area contributed by atoms with Gasteiger partial charge in [0, 0.05) is 52.4 Å². The van der Waals surface area contributed by atoms with Crippen LogP contribution in [0.15, 0.2) is 41.8 Å². The maximum absolute atomic E-state index is 12.9. The Balaban J connectivity index is 1.57. The molecule has 1 aliphatic rings. The summed E-state index contributed by atoms with van der Waals surface area (Å²) in [5, 5.41) is 4.70. The Hall–Kier alpha value is -2.38. The van der Waals surface area contributed by atoms with Gasteiger partial charge in [0.2, 0.25) is 5.91 Å². The van der Waals surface area contributed by atoms with E-state index in [9.17, 15) is 9.59 Å². The molecule has 0 bridgehead atoms. The lowest BCUT2D eigenvalue weighted by molar-refractivity contribution is -0.133. The number of thiophene rings is 1. The van der Waals surface area contributed by atoms with Crippen molar-refractivity contribution in [2.75, 3.05) is 38.7 Å². The molecular formula is C22H29N3O3S. The third-order valence-electron chi connectivity index (χ3n) is 5.00. The van der Waals surface area contributed by atoms with Crippen LogP contribution in [0.25, 0.3) is 0 Å². The molecular weight excluding hydrogens is 386 g/mol. The average Bonchev–Trinajstić information content (AvgIpc) is 3.42. The Labute approximate surface area is 176 Å². The molecule has 1 saturated heterocycles. The minimum absolute atomic E-state index is 0.0312. The average molecular weight is 416 g/mol. The largest absolute Gasteiger partial charge is 0.378 e. The van der Waals surface area contributed by atoms with Gasteiger partial charge in [-0.2, -0.15) is 0 Å². The molecule has 1 aliphatic heterocycles. The molecule has 1 atom stereocenters. The summed E-state index contributed by atoms with van der Waals surface area (Å²) in [5.41, 5.74) is 2.21. The third kappa shape index (κ3) is 6.30. The van der Waals surface area contributed by atoms with Gasteiger partial charge in [-0.05, 0) is 42.0 Å². The summed E-state index contributed by atoms with van der Waals surface area (Å²) in [7, 11) is 4.01. The number of nitrogens with zero attached hydrogens (tertiary/aromatic N) is 2. The van der Waals surface area contributed by atoms with Crippen LogP contribution in [-0.2, 0) is 16.1 Å². The lowest BCUT2D eigenvalue weighted by atomic mass is 10.1. The topological polar surface area (TPSA) is 61.9 Å². The Bertz CT molecular complexity index is 784. The van der Waals surface area contributed by atoms with E-state index in [4.69, 9.17) is 4.74 Å². The molecule has 0 saturated carbocycles. The van der Waals surface area contributed by atoms with Crippen LogP contribution in [0.3, 0.4) is 0 Å². The van der Waals surface area contributed by atoms with Crippen molar-refractivity contribution in [3.63, 3.8) is 0 Å². The van der Waals surface area contributed by atoms with Crippen molar-refractivity contribution in [2.24, 2.45) is 0 Å². The van der Waals surface area contributed by atoms with Crippen LogP contribution >= 0.6 is 11.3 Å². The molecule has 1 aromatic carbocycles. The molecule has 1 unspecified atom stereocenters. The van der Waals surface area contributed by atoms with E-state index in [2.05, 4.69) is 34.5 Å². The molecule has 3 rings (SSSR count). The first-order chi connectivity index (χ1) is 14.0. The molecule has 29 heavy (non-hydrogen) atoms. The Morgan fingerprint density at radius 3 is 2.62 bits per heavy atom. The van der Waals surface area contributed by atoms with Gasteiger partial charge < -0.3 is 19.9 Å². The number of hydrogen-bond donors (Lipinski definition) is 1. The number of carbonyl (C=O) groups excluding carboxylic acids is 2. The number of nitrogens with one attached hydrogen (secondary N) is 1. The molecule has 1 fully saturated rings. The monoisotopic (exact) mass is 415 g/mol. The van der Waals surface area contributed by atoms with E-state index in [1.165, 1.54) is 11.3 Å². The molecule has 7 heteroatoms. The molecule has 2 heterocycles. The van der Waals surface area contributed by atoms with Gasteiger partial charge in [-0.1, -0.05) is 18.2 Å². The Kier molecular flexibility index (Phi) is 7.66. The van der Waals surface area contributed by atoms with Gasteiger partial charge in [-0.15, -0.1) is 11.3 Å². The number of anilines is 1. The molecule has 6 nitrogen and oxygen atoms in total. The van der Waals surface area contributed by atoms with Crippen molar-refractivity contribution in [3.05, 3.63) is 52.2 Å².